The van der Waals surface area contributed by atoms with Gasteiger partial charge in [-0.2, -0.15) is 0 Å². The van der Waals surface area contributed by atoms with E-state index in [0.717, 1.165) is 11.3 Å². The van der Waals surface area contributed by atoms with Crippen LogP contribution in [0.15, 0.2) is 36.4 Å². The smallest absolute Gasteiger partial charge is 0.410 e. The van der Waals surface area contributed by atoms with Crippen LogP contribution >= 0.6 is 34.8 Å². The predicted molar refractivity (Wildman–Crippen MR) is 102 cm³/mol. The van der Waals surface area contributed by atoms with Crippen LogP contribution in [-0.4, -0.2) is 18.9 Å². The number of ether oxygens (including phenoxy) is 2. The molecule has 0 heterocycles. The minimum atomic E-state index is -0.876. The average Bonchev–Trinajstić information content (AvgIpc) is 2.53. The largest absolute Gasteiger partial charge is 0.515 e. The molecule has 1 unspecified atom stereocenters. The Morgan fingerprint density at radius 3 is 2.44 bits per heavy atom. The molecule has 0 radical (unpaired) electrons. The van der Waals surface area contributed by atoms with Crippen LogP contribution in [0, 0.1) is 6.92 Å². The van der Waals surface area contributed by atoms with Gasteiger partial charge in [0.05, 0.1) is 15.1 Å². The summed E-state index contributed by atoms with van der Waals surface area (Å²) in [5.74, 6) is 0.0897. The summed E-state index contributed by atoms with van der Waals surface area (Å²) in [6, 6.07) is 10.7. The Labute approximate surface area is 162 Å². The minimum Gasteiger partial charge on any atom is -0.410 e. The quantitative estimate of drug-likeness (QED) is 0.253. The molecule has 0 N–H and O–H groups in total. The number of nitrogens with zero attached hydrogens (tertiary/aromatic N) is 1. The normalized spacial score (nSPS) is 11.8. The Hall–Kier alpha value is -1.62. The third kappa shape index (κ3) is 5.18. The first-order chi connectivity index (χ1) is 11.8. The topological polar surface area (TPSA) is 38.8 Å². The van der Waals surface area contributed by atoms with Crippen LogP contribution in [0.4, 0.5) is 10.5 Å². The van der Waals surface area contributed by atoms with Crippen LogP contribution in [0.25, 0.3) is 0 Å². The Balaban J connectivity index is 2.07. The molecule has 0 saturated heterocycles. The van der Waals surface area contributed by atoms with Gasteiger partial charge < -0.3 is 14.4 Å². The molecule has 7 heteroatoms. The average molecular weight is 403 g/mol. The zero-order valence-corrected chi connectivity index (χ0v) is 16.3. The fraction of sp³-hybridized carbons (Fsp3) is 0.278. The lowest BCUT2D eigenvalue weighted by molar-refractivity contribution is 0.0646. The van der Waals surface area contributed by atoms with Crippen molar-refractivity contribution in [1.82, 2.24) is 0 Å². The molecule has 0 saturated carbocycles. The zero-order chi connectivity index (χ0) is 18.6. The van der Waals surface area contributed by atoms with Gasteiger partial charge in [-0.1, -0.05) is 46.9 Å². The number of hydrogen-bond acceptors (Lipinski definition) is 4. The van der Waals surface area contributed by atoms with E-state index >= 15 is 0 Å². The van der Waals surface area contributed by atoms with Crippen molar-refractivity contribution >= 4 is 46.6 Å². The van der Waals surface area contributed by atoms with Gasteiger partial charge in [-0.15, -0.1) is 0 Å². The Kier molecular flexibility index (Phi) is 6.82. The fourth-order valence-corrected chi connectivity index (χ4v) is 2.93. The number of carbonyl (C=O) groups excluding carboxylic acids is 1. The van der Waals surface area contributed by atoms with E-state index in [4.69, 9.17) is 44.3 Å². The first-order valence-electron chi connectivity index (χ1n) is 7.68. The number of carbonyl (C=O) groups is 1. The fourth-order valence-electron chi connectivity index (χ4n) is 2.36. The van der Waals surface area contributed by atoms with Crippen molar-refractivity contribution in [3.8, 4) is 5.75 Å². The first kappa shape index (κ1) is 19.7. The van der Waals surface area contributed by atoms with Crippen molar-refractivity contribution in [3.63, 3.8) is 0 Å². The lowest BCUT2D eigenvalue weighted by Gasteiger charge is -2.29. The van der Waals surface area contributed by atoms with Gasteiger partial charge in [0.2, 0.25) is 0 Å². The molecular weight excluding hydrogens is 385 g/mol. The highest BCUT2D eigenvalue weighted by Crippen LogP contribution is 2.34. The predicted octanol–water partition coefficient (Wildman–Crippen LogP) is 6.34. The molecule has 0 aliphatic rings. The SMILES string of the molecule is CCN(c1cccc(C)c1)C(C)OC(=O)Oc1cc(Cl)c(Cl)cc1Cl. The van der Waals surface area contributed by atoms with E-state index in [0.29, 0.717) is 6.54 Å². The van der Waals surface area contributed by atoms with Crippen molar-refractivity contribution < 1.29 is 14.3 Å². The molecule has 4 nitrogen and oxygen atoms in total. The van der Waals surface area contributed by atoms with E-state index in [-0.39, 0.29) is 20.8 Å². The standard InChI is InChI=1S/C18H18Cl3NO3/c1-4-22(13-7-5-6-11(2)8-13)12(3)24-18(23)25-17-10-15(20)14(19)9-16(17)21/h5-10,12H,4H2,1-3H3. The molecule has 0 aromatic heterocycles. The highest BCUT2D eigenvalue weighted by atomic mass is 35.5. The van der Waals surface area contributed by atoms with Crippen LogP contribution < -0.4 is 9.64 Å². The van der Waals surface area contributed by atoms with Crippen molar-refractivity contribution in [2.24, 2.45) is 0 Å². The van der Waals surface area contributed by atoms with E-state index in [1.807, 2.05) is 43.0 Å². The third-order valence-corrected chi connectivity index (χ3v) is 4.57. The molecule has 2 aromatic carbocycles. The molecule has 2 rings (SSSR count). The lowest BCUT2D eigenvalue weighted by Crippen LogP contribution is -2.37. The molecule has 0 fully saturated rings. The van der Waals surface area contributed by atoms with E-state index in [1.54, 1.807) is 6.92 Å². The highest BCUT2D eigenvalue weighted by molar-refractivity contribution is 6.43. The number of benzene rings is 2. The minimum absolute atomic E-state index is 0.0897. The lowest BCUT2D eigenvalue weighted by atomic mass is 10.2. The van der Waals surface area contributed by atoms with Crippen LogP contribution in [-0.2, 0) is 4.74 Å². The Morgan fingerprint density at radius 2 is 1.80 bits per heavy atom. The van der Waals surface area contributed by atoms with Crippen molar-refractivity contribution in [2.75, 3.05) is 11.4 Å². The number of aryl methyl sites for hydroxylation is 1. The molecule has 134 valence electrons. The maximum atomic E-state index is 12.1. The van der Waals surface area contributed by atoms with Crippen molar-refractivity contribution in [1.29, 1.82) is 0 Å². The molecular formula is C18H18Cl3NO3. The molecule has 0 aliphatic carbocycles. The third-order valence-electron chi connectivity index (χ3n) is 3.55. The van der Waals surface area contributed by atoms with Crippen molar-refractivity contribution in [3.05, 3.63) is 57.0 Å². The summed E-state index contributed by atoms with van der Waals surface area (Å²) >= 11 is 17.8. The molecule has 0 aliphatic heterocycles. The molecule has 1 atom stereocenters. The Morgan fingerprint density at radius 1 is 1.12 bits per heavy atom. The van der Waals surface area contributed by atoms with Gasteiger partial charge in [0.1, 0.15) is 0 Å². The molecule has 0 bridgehead atoms. The second-order valence-corrected chi connectivity index (χ2v) is 6.61. The van der Waals surface area contributed by atoms with E-state index < -0.39 is 12.4 Å². The Bertz CT molecular complexity index is 767. The summed E-state index contributed by atoms with van der Waals surface area (Å²) < 4.78 is 10.5. The van der Waals surface area contributed by atoms with Gasteiger partial charge in [0.25, 0.3) is 0 Å². The first-order valence-corrected chi connectivity index (χ1v) is 8.81. The van der Waals surface area contributed by atoms with Crippen LogP contribution in [0.3, 0.4) is 0 Å². The second kappa shape index (κ2) is 8.65. The summed E-state index contributed by atoms with van der Waals surface area (Å²) in [6.45, 7) is 6.40. The van der Waals surface area contributed by atoms with Gasteiger partial charge in [-0.3, -0.25) is 0 Å². The molecule has 25 heavy (non-hydrogen) atoms. The van der Waals surface area contributed by atoms with Gasteiger partial charge in [-0.25, -0.2) is 4.79 Å². The van der Waals surface area contributed by atoms with Gasteiger partial charge in [0, 0.05) is 18.3 Å². The molecule has 2 aromatic rings. The van der Waals surface area contributed by atoms with Crippen LogP contribution in [0.2, 0.25) is 15.1 Å². The van der Waals surface area contributed by atoms with E-state index in [2.05, 4.69) is 0 Å². The van der Waals surface area contributed by atoms with Crippen LogP contribution in [0.1, 0.15) is 19.4 Å². The van der Waals surface area contributed by atoms with E-state index in [1.165, 1.54) is 12.1 Å². The second-order valence-electron chi connectivity index (χ2n) is 5.39. The monoisotopic (exact) mass is 401 g/mol. The van der Waals surface area contributed by atoms with Gasteiger partial charge in [-0.05, 0) is 44.5 Å². The number of hydrogen-bond donors (Lipinski definition) is 0. The maximum absolute atomic E-state index is 12.1. The zero-order valence-electron chi connectivity index (χ0n) is 14.1. The maximum Gasteiger partial charge on any atom is 0.515 e. The van der Waals surface area contributed by atoms with E-state index in [9.17, 15) is 4.79 Å². The number of halogens is 3. The molecule has 0 spiro atoms. The molecule has 0 amide bonds. The summed E-state index contributed by atoms with van der Waals surface area (Å²) in [6.07, 6.45) is -1.40. The van der Waals surface area contributed by atoms with Gasteiger partial charge >= 0.3 is 6.16 Å². The highest BCUT2D eigenvalue weighted by Gasteiger charge is 2.20. The van der Waals surface area contributed by atoms with Crippen LogP contribution in [0.5, 0.6) is 5.75 Å². The number of rotatable bonds is 5. The van der Waals surface area contributed by atoms with Gasteiger partial charge in [0.15, 0.2) is 12.0 Å². The summed E-state index contributed by atoms with van der Waals surface area (Å²) in [7, 11) is 0. The number of anilines is 1. The summed E-state index contributed by atoms with van der Waals surface area (Å²) in [4.78, 5) is 14.0. The summed E-state index contributed by atoms with van der Waals surface area (Å²) in [5.41, 5.74) is 2.07. The van der Waals surface area contributed by atoms with Crippen molar-refractivity contribution in [2.45, 2.75) is 27.0 Å². The summed E-state index contributed by atoms with van der Waals surface area (Å²) in [5, 5.41) is 0.680.